The van der Waals surface area contributed by atoms with Gasteiger partial charge in [-0.15, -0.1) is 0 Å². The number of nitrogens with one attached hydrogen (secondary N) is 2. The van der Waals surface area contributed by atoms with Gasteiger partial charge in [-0.05, 0) is 31.7 Å². The maximum atomic E-state index is 12.4. The Bertz CT molecular complexity index is 944. The Morgan fingerprint density at radius 2 is 2.15 bits per heavy atom. The number of carbonyl (C=O) groups is 1. The number of urea groups is 1. The molecular weight excluding hydrogens is 354 g/mol. The number of alkyl halides is 2. The van der Waals surface area contributed by atoms with Crippen LogP contribution in [-0.2, 0) is 0 Å². The molecule has 1 aliphatic rings. The molecule has 1 fully saturated rings. The molecule has 7 nitrogen and oxygen atoms in total. The number of carbonyl (C=O) groups excluding carboxylic acids is 1. The van der Waals surface area contributed by atoms with Crippen LogP contribution in [0.1, 0.15) is 31.7 Å². The van der Waals surface area contributed by atoms with Crippen LogP contribution in [0.15, 0.2) is 24.8 Å². The molecule has 0 saturated heterocycles. The highest BCUT2D eigenvalue weighted by Crippen LogP contribution is 2.33. The van der Waals surface area contributed by atoms with Gasteiger partial charge in [0.1, 0.15) is 11.2 Å². The molecule has 27 heavy (non-hydrogen) atoms. The Hall–Kier alpha value is -2.71. The van der Waals surface area contributed by atoms with Crippen molar-refractivity contribution in [2.75, 3.05) is 13.6 Å². The molecule has 3 heterocycles. The average Bonchev–Trinajstić information content (AvgIpc) is 3.27. The maximum Gasteiger partial charge on any atom is 0.317 e. The van der Waals surface area contributed by atoms with E-state index in [0.717, 1.165) is 52.6 Å². The highest BCUT2D eigenvalue weighted by Gasteiger charge is 2.26. The molecule has 9 heteroatoms. The lowest BCUT2D eigenvalue weighted by atomic mass is 9.91. The smallest absolute Gasteiger partial charge is 0.317 e. The van der Waals surface area contributed by atoms with Gasteiger partial charge in [0.2, 0.25) is 0 Å². The van der Waals surface area contributed by atoms with E-state index in [9.17, 15) is 13.6 Å². The first kappa shape index (κ1) is 17.7. The molecule has 1 aliphatic carbocycles. The molecule has 3 aromatic rings. The molecule has 0 unspecified atom stereocenters. The van der Waals surface area contributed by atoms with Crippen molar-refractivity contribution in [3.8, 4) is 0 Å². The summed E-state index contributed by atoms with van der Waals surface area (Å²) in [6, 6.07) is 1.88. The van der Waals surface area contributed by atoms with Crippen LogP contribution in [0.25, 0.3) is 22.1 Å². The zero-order chi connectivity index (χ0) is 19.0. The fourth-order valence-electron chi connectivity index (χ4n) is 3.88. The molecule has 0 radical (unpaired) electrons. The molecule has 0 bridgehead atoms. The van der Waals surface area contributed by atoms with E-state index in [1.165, 1.54) is 7.05 Å². The lowest BCUT2D eigenvalue weighted by molar-refractivity contribution is 0.106. The van der Waals surface area contributed by atoms with Crippen molar-refractivity contribution < 1.29 is 13.6 Å². The van der Waals surface area contributed by atoms with Crippen LogP contribution < -0.4 is 5.32 Å². The van der Waals surface area contributed by atoms with E-state index in [1.807, 2.05) is 18.6 Å². The van der Waals surface area contributed by atoms with E-state index in [2.05, 4.69) is 24.8 Å². The molecule has 1 saturated carbocycles. The van der Waals surface area contributed by atoms with Crippen LogP contribution in [0.3, 0.4) is 0 Å². The van der Waals surface area contributed by atoms with Gasteiger partial charge in [-0.1, -0.05) is 0 Å². The Morgan fingerprint density at radius 3 is 2.89 bits per heavy atom. The summed E-state index contributed by atoms with van der Waals surface area (Å²) in [6.45, 7) is -0.553. The van der Waals surface area contributed by atoms with Crippen molar-refractivity contribution in [3.05, 3.63) is 24.8 Å². The predicted molar refractivity (Wildman–Crippen MR) is 97.8 cm³/mol. The van der Waals surface area contributed by atoms with E-state index < -0.39 is 19.0 Å². The third-order valence-electron chi connectivity index (χ3n) is 5.29. The molecule has 0 aromatic carbocycles. The van der Waals surface area contributed by atoms with Crippen LogP contribution in [0.2, 0.25) is 0 Å². The summed E-state index contributed by atoms with van der Waals surface area (Å²) in [5.74, 6) is 0. The summed E-state index contributed by atoms with van der Waals surface area (Å²) in [5.41, 5.74) is 2.78. The van der Waals surface area contributed by atoms with Gasteiger partial charge in [0, 0.05) is 30.7 Å². The second kappa shape index (κ2) is 7.13. The number of H-pyrrole nitrogens is 1. The first-order chi connectivity index (χ1) is 13.0. The molecule has 0 aliphatic heterocycles. The monoisotopic (exact) mass is 376 g/mol. The van der Waals surface area contributed by atoms with Gasteiger partial charge in [0.05, 0.1) is 24.6 Å². The van der Waals surface area contributed by atoms with Gasteiger partial charge in [-0.2, -0.15) is 0 Å². The summed E-state index contributed by atoms with van der Waals surface area (Å²) in [7, 11) is 1.39. The van der Waals surface area contributed by atoms with Crippen molar-refractivity contribution in [1.82, 2.24) is 29.7 Å². The first-order valence-electron chi connectivity index (χ1n) is 9.11. The fraction of sp³-hybridized carbons (Fsp3) is 0.500. The summed E-state index contributed by atoms with van der Waals surface area (Å²) < 4.78 is 27.0. The van der Waals surface area contributed by atoms with E-state index in [1.54, 1.807) is 6.20 Å². The molecule has 3 aromatic heterocycles. The van der Waals surface area contributed by atoms with Crippen LogP contribution in [0, 0.1) is 0 Å². The number of amides is 2. The molecule has 2 amide bonds. The number of hydrogen-bond donors (Lipinski definition) is 2. The quantitative estimate of drug-likeness (QED) is 0.733. The Kier molecular flexibility index (Phi) is 4.67. The van der Waals surface area contributed by atoms with Crippen molar-refractivity contribution in [2.45, 2.75) is 44.2 Å². The number of halogens is 2. The second-order valence-corrected chi connectivity index (χ2v) is 7.11. The SMILES string of the molecule is CN(CC(F)F)C(=O)NC1CCC(n2cnc3cnc4[nH]ccc4c32)CC1. The number of pyridine rings is 1. The van der Waals surface area contributed by atoms with E-state index in [0.29, 0.717) is 6.04 Å². The van der Waals surface area contributed by atoms with E-state index in [4.69, 9.17) is 0 Å². The summed E-state index contributed by atoms with van der Waals surface area (Å²) in [6.07, 6.45) is 6.38. The normalized spacial score (nSPS) is 20.4. The number of aromatic nitrogens is 4. The number of nitrogens with zero attached hydrogens (tertiary/aromatic N) is 4. The zero-order valence-electron chi connectivity index (χ0n) is 15.0. The number of rotatable bonds is 4. The third-order valence-corrected chi connectivity index (χ3v) is 5.29. The molecule has 0 atom stereocenters. The van der Waals surface area contributed by atoms with Crippen molar-refractivity contribution in [1.29, 1.82) is 0 Å². The third kappa shape index (κ3) is 3.45. The largest absolute Gasteiger partial charge is 0.346 e. The second-order valence-electron chi connectivity index (χ2n) is 7.11. The van der Waals surface area contributed by atoms with E-state index in [-0.39, 0.29) is 6.04 Å². The Morgan fingerprint density at radius 1 is 1.37 bits per heavy atom. The highest BCUT2D eigenvalue weighted by molar-refractivity contribution is 6.00. The van der Waals surface area contributed by atoms with Gasteiger partial charge >= 0.3 is 6.03 Å². The van der Waals surface area contributed by atoms with Crippen LogP contribution in [0.4, 0.5) is 13.6 Å². The summed E-state index contributed by atoms with van der Waals surface area (Å²) in [4.78, 5) is 25.0. The molecule has 2 N–H and O–H groups in total. The summed E-state index contributed by atoms with van der Waals surface area (Å²) >= 11 is 0. The zero-order valence-corrected chi connectivity index (χ0v) is 15.0. The van der Waals surface area contributed by atoms with Crippen LogP contribution in [0.5, 0.6) is 0 Å². The number of hydrogen-bond acceptors (Lipinski definition) is 3. The molecule has 4 rings (SSSR count). The van der Waals surface area contributed by atoms with E-state index >= 15 is 0 Å². The lowest BCUT2D eigenvalue weighted by Crippen LogP contribution is -2.45. The maximum absolute atomic E-state index is 12.4. The Labute approximate surface area is 154 Å². The number of imidazole rings is 1. The van der Waals surface area contributed by atoms with Crippen LogP contribution in [-0.4, -0.2) is 56.5 Å². The van der Waals surface area contributed by atoms with Gasteiger partial charge in [0.25, 0.3) is 6.43 Å². The molecule has 144 valence electrons. The standard InChI is InChI=1S/C18H22F2N6O/c1-25(9-15(19)20)18(27)24-11-2-4-12(5-3-11)26-10-23-14-8-22-17-13(16(14)26)6-7-21-17/h6-8,10-12,15H,2-5,9H2,1H3,(H,21,22)(H,24,27). The van der Waals surface area contributed by atoms with Gasteiger partial charge in [0.15, 0.2) is 0 Å². The molecule has 0 spiro atoms. The van der Waals surface area contributed by atoms with Crippen molar-refractivity contribution in [2.24, 2.45) is 0 Å². The first-order valence-corrected chi connectivity index (χ1v) is 9.11. The Balaban J connectivity index is 1.43. The topological polar surface area (TPSA) is 78.8 Å². The predicted octanol–water partition coefficient (Wildman–Crippen LogP) is 3.30. The van der Waals surface area contributed by atoms with Gasteiger partial charge < -0.3 is 19.8 Å². The number of fused-ring (bicyclic) bond motifs is 3. The average molecular weight is 376 g/mol. The minimum atomic E-state index is -2.52. The minimum Gasteiger partial charge on any atom is -0.346 e. The molecular formula is C18H22F2N6O. The van der Waals surface area contributed by atoms with Crippen LogP contribution >= 0.6 is 0 Å². The van der Waals surface area contributed by atoms with Crippen molar-refractivity contribution in [3.63, 3.8) is 0 Å². The van der Waals surface area contributed by atoms with Gasteiger partial charge in [-0.25, -0.2) is 23.5 Å². The minimum absolute atomic E-state index is 0.0117. The lowest BCUT2D eigenvalue weighted by Gasteiger charge is -2.31. The van der Waals surface area contributed by atoms with Crippen molar-refractivity contribution >= 4 is 28.1 Å². The summed E-state index contributed by atoms with van der Waals surface area (Å²) in [5, 5.41) is 3.92. The highest BCUT2D eigenvalue weighted by atomic mass is 19.3. The number of aromatic amines is 1. The fourth-order valence-corrected chi connectivity index (χ4v) is 3.88. The van der Waals surface area contributed by atoms with Gasteiger partial charge in [-0.3, -0.25) is 0 Å².